The molecule has 0 unspecified atom stereocenters. The highest BCUT2D eigenvalue weighted by Crippen LogP contribution is 2.24. The van der Waals surface area contributed by atoms with Crippen LogP contribution in [0, 0.1) is 13.8 Å². The monoisotopic (exact) mass is 337 g/mol. The number of nitrogens with zero attached hydrogens (tertiary/aromatic N) is 2. The lowest BCUT2D eigenvalue weighted by atomic mass is 10.1. The molecule has 0 aliphatic heterocycles. The summed E-state index contributed by atoms with van der Waals surface area (Å²) in [5.74, 6) is 0.538. The first-order valence-corrected chi connectivity index (χ1v) is 9.00. The second-order valence-corrected chi connectivity index (χ2v) is 6.88. The molecular weight excluding hydrogens is 318 g/mol. The van der Waals surface area contributed by atoms with Gasteiger partial charge in [-0.25, -0.2) is 0 Å². The van der Waals surface area contributed by atoms with Crippen molar-refractivity contribution in [3.05, 3.63) is 29.3 Å². The van der Waals surface area contributed by atoms with Gasteiger partial charge < -0.3 is 4.74 Å². The highest BCUT2D eigenvalue weighted by molar-refractivity contribution is 8.00. The number of carbonyl (C=O) groups is 1. The lowest BCUT2D eigenvalue weighted by molar-refractivity contribution is -0.122. The zero-order valence-corrected chi connectivity index (χ0v) is 14.7. The summed E-state index contributed by atoms with van der Waals surface area (Å²) >= 11 is 2.85. The maximum atomic E-state index is 12.3. The van der Waals surface area contributed by atoms with Crippen molar-refractivity contribution >= 4 is 34.1 Å². The van der Waals surface area contributed by atoms with Crippen LogP contribution in [0.3, 0.4) is 0 Å². The van der Waals surface area contributed by atoms with Gasteiger partial charge in [0.2, 0.25) is 5.13 Å². The molecule has 1 atom stereocenters. The molecule has 1 aromatic heterocycles. The number of hydrogen-bond donors (Lipinski definition) is 1. The van der Waals surface area contributed by atoms with Gasteiger partial charge in [-0.2, -0.15) is 0 Å². The number of anilines is 1. The quantitative estimate of drug-likeness (QED) is 0.643. The van der Waals surface area contributed by atoms with Crippen LogP contribution in [0.2, 0.25) is 0 Å². The number of aryl methyl sites for hydroxylation is 2. The van der Waals surface area contributed by atoms with Gasteiger partial charge in [0.05, 0.1) is 0 Å². The first-order valence-electron chi connectivity index (χ1n) is 6.95. The van der Waals surface area contributed by atoms with Crippen molar-refractivity contribution in [2.45, 2.75) is 37.6 Å². The number of carbonyl (C=O) groups excluding carboxylic acids is 1. The van der Waals surface area contributed by atoms with E-state index in [-0.39, 0.29) is 5.91 Å². The Kier molecular flexibility index (Phi) is 5.79. The Hall–Kier alpha value is -1.60. The molecule has 2 rings (SSSR count). The molecule has 118 valence electrons. The van der Waals surface area contributed by atoms with E-state index in [2.05, 4.69) is 15.5 Å². The summed E-state index contributed by atoms with van der Waals surface area (Å²) in [5, 5.41) is 11.2. The fourth-order valence-electron chi connectivity index (χ4n) is 1.84. The second-order valence-electron chi connectivity index (χ2n) is 4.85. The molecule has 1 N–H and O–H groups in total. The first-order chi connectivity index (χ1) is 10.5. The minimum Gasteiger partial charge on any atom is -0.480 e. The minimum absolute atomic E-state index is 0.202. The van der Waals surface area contributed by atoms with Crippen LogP contribution in [0.15, 0.2) is 22.5 Å². The largest absolute Gasteiger partial charge is 0.480 e. The normalized spacial score (nSPS) is 12.0. The van der Waals surface area contributed by atoms with E-state index in [1.54, 1.807) is 0 Å². The third-order valence-electron chi connectivity index (χ3n) is 3.09. The van der Waals surface area contributed by atoms with E-state index < -0.39 is 6.10 Å². The van der Waals surface area contributed by atoms with Crippen LogP contribution in [0.5, 0.6) is 5.75 Å². The Balaban J connectivity index is 2.07. The van der Waals surface area contributed by atoms with E-state index in [0.29, 0.717) is 11.6 Å². The standard InChI is InChI=1S/C15H19N3O2S2/c1-5-11(20-12-8-9(2)6-7-10(12)3)13(19)16-14-17-18-15(21-4)22-14/h6-8,11H,5H2,1-4H3,(H,16,17,19)/t11-/m1/s1. The molecule has 1 amide bonds. The van der Waals surface area contributed by atoms with E-state index in [1.807, 2.05) is 45.2 Å². The number of aromatic nitrogens is 2. The number of amides is 1. The van der Waals surface area contributed by atoms with Crippen LogP contribution >= 0.6 is 23.1 Å². The number of thioether (sulfide) groups is 1. The smallest absolute Gasteiger partial charge is 0.267 e. The molecular formula is C15H19N3O2S2. The number of hydrogen-bond acceptors (Lipinski definition) is 6. The van der Waals surface area contributed by atoms with Crippen LogP contribution in [0.25, 0.3) is 0 Å². The summed E-state index contributed by atoms with van der Waals surface area (Å²) < 4.78 is 6.70. The topological polar surface area (TPSA) is 64.1 Å². The van der Waals surface area contributed by atoms with Gasteiger partial charge in [0, 0.05) is 0 Å². The van der Waals surface area contributed by atoms with Crippen molar-refractivity contribution in [3.8, 4) is 5.75 Å². The maximum Gasteiger partial charge on any atom is 0.267 e. The fourth-order valence-corrected chi connectivity index (χ4v) is 3.01. The molecule has 0 radical (unpaired) electrons. The molecule has 5 nitrogen and oxygen atoms in total. The molecule has 2 aromatic rings. The molecule has 7 heteroatoms. The number of nitrogens with one attached hydrogen (secondary N) is 1. The van der Waals surface area contributed by atoms with Gasteiger partial charge in [0.25, 0.3) is 5.91 Å². The van der Waals surface area contributed by atoms with E-state index in [1.165, 1.54) is 23.1 Å². The van der Waals surface area contributed by atoms with E-state index in [4.69, 9.17) is 4.74 Å². The fraction of sp³-hybridized carbons (Fsp3) is 0.400. The van der Waals surface area contributed by atoms with Gasteiger partial charge in [-0.1, -0.05) is 42.2 Å². The average Bonchev–Trinajstić information content (AvgIpc) is 2.95. The van der Waals surface area contributed by atoms with Crippen molar-refractivity contribution in [3.63, 3.8) is 0 Å². The predicted octanol–water partition coefficient (Wildman–Crippen LogP) is 3.67. The minimum atomic E-state index is -0.554. The number of rotatable bonds is 6. The summed E-state index contributed by atoms with van der Waals surface area (Å²) in [6.45, 7) is 5.89. The highest BCUT2D eigenvalue weighted by atomic mass is 32.2. The molecule has 1 heterocycles. The van der Waals surface area contributed by atoms with Gasteiger partial charge in [0.15, 0.2) is 10.4 Å². The van der Waals surface area contributed by atoms with Crippen molar-refractivity contribution in [1.82, 2.24) is 10.2 Å². The molecule has 0 aliphatic carbocycles. The van der Waals surface area contributed by atoms with Gasteiger partial charge in [-0.05, 0) is 43.7 Å². The Morgan fingerprint density at radius 2 is 2.18 bits per heavy atom. The van der Waals surface area contributed by atoms with Gasteiger partial charge in [-0.3, -0.25) is 10.1 Å². The zero-order valence-electron chi connectivity index (χ0n) is 13.0. The third kappa shape index (κ3) is 4.20. The second kappa shape index (κ2) is 7.60. The molecule has 0 aliphatic rings. The van der Waals surface area contributed by atoms with Crippen molar-refractivity contribution < 1.29 is 9.53 Å². The lowest BCUT2D eigenvalue weighted by Gasteiger charge is -2.18. The lowest BCUT2D eigenvalue weighted by Crippen LogP contribution is -2.32. The highest BCUT2D eigenvalue weighted by Gasteiger charge is 2.20. The van der Waals surface area contributed by atoms with Crippen LogP contribution < -0.4 is 10.1 Å². The molecule has 0 fully saturated rings. The first kappa shape index (κ1) is 16.8. The van der Waals surface area contributed by atoms with Crippen LogP contribution in [-0.2, 0) is 4.79 Å². The van der Waals surface area contributed by atoms with Crippen molar-refractivity contribution in [2.24, 2.45) is 0 Å². The van der Waals surface area contributed by atoms with Gasteiger partial charge in [-0.15, -0.1) is 10.2 Å². The molecule has 0 saturated carbocycles. The Morgan fingerprint density at radius 3 is 2.82 bits per heavy atom. The van der Waals surface area contributed by atoms with E-state index >= 15 is 0 Å². The Morgan fingerprint density at radius 1 is 1.41 bits per heavy atom. The molecule has 0 spiro atoms. The summed E-state index contributed by atoms with van der Waals surface area (Å²) in [6.07, 6.45) is 1.94. The molecule has 1 aromatic carbocycles. The summed E-state index contributed by atoms with van der Waals surface area (Å²) in [7, 11) is 0. The third-order valence-corrected chi connectivity index (χ3v) is 4.90. The van der Waals surface area contributed by atoms with Crippen molar-refractivity contribution in [2.75, 3.05) is 11.6 Å². The summed E-state index contributed by atoms with van der Waals surface area (Å²) in [5.41, 5.74) is 2.11. The van der Waals surface area contributed by atoms with E-state index in [0.717, 1.165) is 21.2 Å². The van der Waals surface area contributed by atoms with Gasteiger partial charge >= 0.3 is 0 Å². The van der Waals surface area contributed by atoms with Crippen LogP contribution in [-0.4, -0.2) is 28.5 Å². The zero-order chi connectivity index (χ0) is 16.1. The maximum absolute atomic E-state index is 12.3. The average molecular weight is 337 g/mol. The summed E-state index contributed by atoms with van der Waals surface area (Å²) in [4.78, 5) is 12.3. The molecule has 22 heavy (non-hydrogen) atoms. The SMILES string of the molecule is CC[C@@H](Oc1cc(C)ccc1C)C(=O)Nc1nnc(SC)s1. The van der Waals surface area contributed by atoms with Crippen LogP contribution in [0.4, 0.5) is 5.13 Å². The Bertz CT molecular complexity index is 658. The number of ether oxygens (including phenoxy) is 1. The number of benzene rings is 1. The van der Waals surface area contributed by atoms with Gasteiger partial charge in [0.1, 0.15) is 5.75 Å². The molecule has 0 saturated heterocycles. The Labute approximate surface area is 138 Å². The summed E-state index contributed by atoms with van der Waals surface area (Å²) in [6, 6.07) is 5.96. The molecule has 0 bridgehead atoms. The van der Waals surface area contributed by atoms with Crippen molar-refractivity contribution in [1.29, 1.82) is 0 Å². The van der Waals surface area contributed by atoms with E-state index in [9.17, 15) is 4.79 Å². The predicted molar refractivity (Wildman–Crippen MR) is 90.9 cm³/mol. The van der Waals surface area contributed by atoms with Crippen LogP contribution in [0.1, 0.15) is 24.5 Å².